The number of fused-ring (bicyclic) bond motifs is 1. The first-order chi connectivity index (χ1) is 14.5. The van der Waals surface area contributed by atoms with Crippen LogP contribution < -0.4 is 5.32 Å². The predicted molar refractivity (Wildman–Crippen MR) is 126 cm³/mol. The molecule has 1 aliphatic heterocycles. The molecule has 1 fully saturated rings. The molecular formula is C25H41N3O2. The van der Waals surface area contributed by atoms with Crippen molar-refractivity contribution in [3.05, 3.63) is 29.5 Å². The Morgan fingerprint density at radius 1 is 1.20 bits per heavy atom. The van der Waals surface area contributed by atoms with E-state index in [0.29, 0.717) is 18.8 Å². The van der Waals surface area contributed by atoms with Gasteiger partial charge in [-0.2, -0.15) is 5.10 Å². The van der Waals surface area contributed by atoms with Crippen molar-refractivity contribution in [2.45, 2.75) is 78.6 Å². The standard InChI is InChI=1S/C18H23N3O2.C5H12.C2H6/c1-21-17-11-14(13-6-8-19-9-7-13)4-5-16(17)18(20-21)15(12-23)3-2-10-22;1-4-5(2)3;1-2/h4-5,10-13,15,19H,2-3,6-9H2,1H3;5H,4H2,1-3H3;1-2H3. The molecule has 0 aliphatic carbocycles. The third-order valence-electron chi connectivity index (χ3n) is 5.64. The van der Waals surface area contributed by atoms with Crippen LogP contribution in [0.5, 0.6) is 0 Å². The van der Waals surface area contributed by atoms with E-state index in [9.17, 15) is 9.59 Å². The second kappa shape index (κ2) is 14.1. The highest BCUT2D eigenvalue weighted by Gasteiger charge is 2.21. The van der Waals surface area contributed by atoms with Crippen molar-refractivity contribution in [3.63, 3.8) is 0 Å². The van der Waals surface area contributed by atoms with Crippen LogP contribution in [0.3, 0.4) is 0 Å². The highest BCUT2D eigenvalue weighted by molar-refractivity contribution is 5.86. The molecule has 0 amide bonds. The number of aldehydes is 2. The Bertz CT molecular complexity index is 761. The van der Waals surface area contributed by atoms with Crippen LogP contribution in [0.1, 0.15) is 89.8 Å². The van der Waals surface area contributed by atoms with Crippen molar-refractivity contribution in [3.8, 4) is 0 Å². The molecule has 30 heavy (non-hydrogen) atoms. The van der Waals surface area contributed by atoms with Crippen molar-refractivity contribution >= 4 is 23.5 Å². The third-order valence-corrected chi connectivity index (χ3v) is 5.64. The number of benzene rings is 1. The molecule has 1 aromatic carbocycles. The number of nitrogens with one attached hydrogen (secondary N) is 1. The van der Waals surface area contributed by atoms with Crippen LogP contribution in [0.2, 0.25) is 0 Å². The lowest BCUT2D eigenvalue weighted by molar-refractivity contribution is -0.110. The van der Waals surface area contributed by atoms with Gasteiger partial charge in [0, 0.05) is 18.9 Å². The minimum absolute atomic E-state index is 0.311. The molecule has 2 heterocycles. The maximum Gasteiger partial charge on any atom is 0.129 e. The summed E-state index contributed by atoms with van der Waals surface area (Å²) in [6, 6.07) is 6.47. The van der Waals surface area contributed by atoms with Crippen LogP contribution in [-0.2, 0) is 16.6 Å². The van der Waals surface area contributed by atoms with Gasteiger partial charge in [-0.3, -0.25) is 4.68 Å². The van der Waals surface area contributed by atoms with Crippen molar-refractivity contribution in [2.24, 2.45) is 13.0 Å². The van der Waals surface area contributed by atoms with Gasteiger partial charge in [0.05, 0.1) is 17.1 Å². The van der Waals surface area contributed by atoms with Gasteiger partial charge in [-0.15, -0.1) is 0 Å². The fourth-order valence-corrected chi connectivity index (χ4v) is 3.50. The SMILES string of the molecule is CC.CCC(C)C.Cn1nc(C(C=O)CCC=O)c2ccc(C3CCNCC3)cc21. The van der Waals surface area contributed by atoms with E-state index in [4.69, 9.17) is 0 Å². The molecule has 1 atom stereocenters. The van der Waals surface area contributed by atoms with Gasteiger partial charge in [-0.25, -0.2) is 0 Å². The normalized spacial score (nSPS) is 15.0. The van der Waals surface area contributed by atoms with Crippen LogP contribution in [-0.4, -0.2) is 35.4 Å². The summed E-state index contributed by atoms with van der Waals surface area (Å²) in [6.07, 6.45) is 6.30. The number of carbonyl (C=O) groups excluding carboxylic acids is 2. The molecule has 5 nitrogen and oxygen atoms in total. The van der Waals surface area contributed by atoms with E-state index in [1.807, 2.05) is 25.6 Å². The van der Waals surface area contributed by atoms with Crippen LogP contribution in [0.25, 0.3) is 10.9 Å². The molecule has 3 rings (SSSR count). The van der Waals surface area contributed by atoms with Crippen LogP contribution >= 0.6 is 0 Å². The van der Waals surface area contributed by atoms with Crippen LogP contribution in [0, 0.1) is 5.92 Å². The fraction of sp³-hybridized carbons (Fsp3) is 0.640. The van der Waals surface area contributed by atoms with Gasteiger partial charge in [-0.05, 0) is 55.8 Å². The molecule has 2 aromatic rings. The van der Waals surface area contributed by atoms with E-state index >= 15 is 0 Å². The van der Waals surface area contributed by atoms with Crippen LogP contribution in [0.4, 0.5) is 0 Å². The zero-order valence-electron chi connectivity index (χ0n) is 19.8. The number of aryl methyl sites for hydroxylation is 1. The molecule has 5 heteroatoms. The molecule has 1 N–H and O–H groups in total. The molecule has 168 valence electrons. The lowest BCUT2D eigenvalue weighted by atomic mass is 9.89. The van der Waals surface area contributed by atoms with Crippen molar-refractivity contribution < 1.29 is 9.59 Å². The summed E-state index contributed by atoms with van der Waals surface area (Å²) in [5.41, 5.74) is 3.20. The highest BCUT2D eigenvalue weighted by Crippen LogP contribution is 2.31. The number of aromatic nitrogens is 2. The Kier molecular flexibility index (Phi) is 12.2. The molecule has 1 aliphatic rings. The Morgan fingerprint density at radius 2 is 1.83 bits per heavy atom. The molecular weight excluding hydrogens is 374 g/mol. The first kappa shape index (κ1) is 26.0. The average Bonchev–Trinajstić information content (AvgIpc) is 3.12. The number of hydrogen-bond acceptors (Lipinski definition) is 4. The van der Waals surface area contributed by atoms with Gasteiger partial charge in [-0.1, -0.05) is 53.2 Å². The van der Waals surface area contributed by atoms with Crippen molar-refractivity contribution in [1.82, 2.24) is 15.1 Å². The number of rotatable bonds is 7. The molecule has 0 bridgehead atoms. The third kappa shape index (κ3) is 7.35. The minimum Gasteiger partial charge on any atom is -0.317 e. The molecule has 1 aromatic heterocycles. The number of carbonyl (C=O) groups is 2. The quantitative estimate of drug-likeness (QED) is 0.617. The first-order valence-corrected chi connectivity index (χ1v) is 11.6. The zero-order valence-corrected chi connectivity index (χ0v) is 19.8. The van der Waals surface area contributed by atoms with E-state index in [0.717, 1.165) is 61.0 Å². The largest absolute Gasteiger partial charge is 0.317 e. The zero-order chi connectivity index (χ0) is 22.5. The summed E-state index contributed by atoms with van der Waals surface area (Å²) in [5.74, 6) is 1.17. The van der Waals surface area contributed by atoms with Crippen molar-refractivity contribution in [1.29, 1.82) is 0 Å². The highest BCUT2D eigenvalue weighted by atomic mass is 16.1. The summed E-state index contributed by atoms with van der Waals surface area (Å²) in [6.45, 7) is 12.8. The Labute approximate surface area is 182 Å². The lowest BCUT2D eigenvalue weighted by Gasteiger charge is -2.23. The molecule has 1 unspecified atom stereocenters. The first-order valence-electron chi connectivity index (χ1n) is 11.6. The minimum atomic E-state index is -0.311. The summed E-state index contributed by atoms with van der Waals surface area (Å²) in [4.78, 5) is 22.0. The van der Waals surface area contributed by atoms with Gasteiger partial charge in [0.25, 0.3) is 0 Å². The molecule has 1 saturated heterocycles. The number of piperidine rings is 1. The Morgan fingerprint density at radius 3 is 2.37 bits per heavy atom. The summed E-state index contributed by atoms with van der Waals surface area (Å²) < 4.78 is 1.85. The van der Waals surface area contributed by atoms with E-state index in [1.54, 1.807) is 0 Å². The van der Waals surface area contributed by atoms with E-state index in [2.05, 4.69) is 49.4 Å². The smallest absolute Gasteiger partial charge is 0.129 e. The molecule has 0 saturated carbocycles. The topological polar surface area (TPSA) is 64.0 Å². The monoisotopic (exact) mass is 415 g/mol. The van der Waals surface area contributed by atoms with E-state index in [-0.39, 0.29) is 5.92 Å². The van der Waals surface area contributed by atoms with Crippen molar-refractivity contribution in [2.75, 3.05) is 13.1 Å². The van der Waals surface area contributed by atoms with Gasteiger partial charge < -0.3 is 14.9 Å². The van der Waals surface area contributed by atoms with Crippen LogP contribution in [0.15, 0.2) is 18.2 Å². The fourth-order valence-electron chi connectivity index (χ4n) is 3.50. The number of nitrogens with zero attached hydrogens (tertiary/aromatic N) is 2. The average molecular weight is 416 g/mol. The maximum absolute atomic E-state index is 11.4. The summed E-state index contributed by atoms with van der Waals surface area (Å²) in [5, 5.41) is 8.97. The molecule has 0 radical (unpaired) electrons. The second-order valence-corrected chi connectivity index (χ2v) is 8.10. The maximum atomic E-state index is 11.4. The Balaban J connectivity index is 0.000000565. The summed E-state index contributed by atoms with van der Waals surface area (Å²) in [7, 11) is 1.92. The van der Waals surface area contributed by atoms with Gasteiger partial charge in [0.2, 0.25) is 0 Å². The second-order valence-electron chi connectivity index (χ2n) is 8.10. The predicted octanol–water partition coefficient (Wildman–Crippen LogP) is 5.38. The van der Waals surface area contributed by atoms with Gasteiger partial charge >= 0.3 is 0 Å². The summed E-state index contributed by atoms with van der Waals surface area (Å²) >= 11 is 0. The molecule has 0 spiro atoms. The van der Waals surface area contributed by atoms with E-state index in [1.165, 1.54) is 12.0 Å². The van der Waals surface area contributed by atoms with E-state index < -0.39 is 0 Å². The van der Waals surface area contributed by atoms with Gasteiger partial charge in [0.15, 0.2) is 0 Å². The Hall–Kier alpha value is -2.01. The number of hydrogen-bond donors (Lipinski definition) is 1. The van der Waals surface area contributed by atoms with Gasteiger partial charge in [0.1, 0.15) is 12.6 Å². The lowest BCUT2D eigenvalue weighted by Crippen LogP contribution is -2.26.